The zero-order valence-electron chi connectivity index (χ0n) is 22.8. The third kappa shape index (κ3) is 6.70. The van der Waals surface area contributed by atoms with E-state index in [1.165, 1.54) is 28.3 Å². The summed E-state index contributed by atoms with van der Waals surface area (Å²) in [6, 6.07) is 5.98. The van der Waals surface area contributed by atoms with Crippen molar-refractivity contribution in [1.29, 1.82) is 5.26 Å². The van der Waals surface area contributed by atoms with Gasteiger partial charge in [-0.1, -0.05) is 44.5 Å². The molecule has 2 N–H and O–H groups in total. The molecule has 2 fully saturated rings. The highest BCUT2D eigenvalue weighted by molar-refractivity contribution is 6.30. The molecule has 2 amide bonds. The third-order valence-corrected chi connectivity index (χ3v) is 7.76. The summed E-state index contributed by atoms with van der Waals surface area (Å²) in [5, 5.41) is 23.0. The van der Waals surface area contributed by atoms with Crippen LogP contribution in [0.1, 0.15) is 70.0 Å². The first-order valence-corrected chi connectivity index (χ1v) is 13.7. The van der Waals surface area contributed by atoms with Gasteiger partial charge in [0.2, 0.25) is 11.8 Å². The Morgan fingerprint density at radius 2 is 1.88 bits per heavy atom. The van der Waals surface area contributed by atoms with E-state index in [0.717, 1.165) is 5.56 Å². The molecule has 214 valence electrons. The lowest BCUT2D eigenvalue weighted by atomic mass is 9.87. The number of likely N-dealkylation sites (tertiary alicyclic amines) is 1. The summed E-state index contributed by atoms with van der Waals surface area (Å²) >= 11 is 6.24. The number of rotatable bonds is 6. The number of nitriles is 1. The van der Waals surface area contributed by atoms with Gasteiger partial charge in [-0.15, -0.1) is 0 Å². The lowest BCUT2D eigenvalue weighted by Crippen LogP contribution is -2.52. The topological polar surface area (TPSA) is 110 Å². The zero-order valence-corrected chi connectivity index (χ0v) is 23.5. The van der Waals surface area contributed by atoms with Crippen molar-refractivity contribution in [3.63, 3.8) is 0 Å². The Morgan fingerprint density at radius 3 is 2.45 bits per heavy atom. The van der Waals surface area contributed by atoms with Crippen molar-refractivity contribution in [3.05, 3.63) is 58.9 Å². The molecule has 0 spiro atoms. The Labute approximate surface area is 237 Å². The quantitative estimate of drug-likeness (QED) is 0.484. The van der Waals surface area contributed by atoms with Crippen molar-refractivity contribution in [2.45, 2.75) is 88.4 Å². The molecule has 2 heterocycles. The SMILES string of the molecule is CC(C)(C)c1ccc(N(C(=O)C2CC(O)CN2C#N)C(C(=O)NC2CCC(F)(F)CC2)c2cncc(Cl)c2)cc1. The molecule has 8 nitrogen and oxygen atoms in total. The summed E-state index contributed by atoms with van der Waals surface area (Å²) in [4.78, 5) is 34.8. The van der Waals surface area contributed by atoms with Gasteiger partial charge in [0, 0.05) is 48.9 Å². The van der Waals surface area contributed by atoms with Crippen LogP contribution in [-0.2, 0) is 15.0 Å². The van der Waals surface area contributed by atoms with Gasteiger partial charge in [0.25, 0.3) is 5.91 Å². The zero-order chi connectivity index (χ0) is 29.2. The molecule has 1 saturated carbocycles. The van der Waals surface area contributed by atoms with Crippen LogP contribution >= 0.6 is 11.6 Å². The van der Waals surface area contributed by atoms with Gasteiger partial charge in [0.1, 0.15) is 12.1 Å². The molecule has 11 heteroatoms. The maximum absolute atomic E-state index is 14.2. The molecule has 3 unspecified atom stereocenters. The number of benzene rings is 1. The van der Waals surface area contributed by atoms with Crippen LogP contribution < -0.4 is 10.2 Å². The predicted molar refractivity (Wildman–Crippen MR) is 147 cm³/mol. The Kier molecular flexibility index (Phi) is 8.66. The number of nitrogens with zero attached hydrogens (tertiary/aromatic N) is 4. The minimum Gasteiger partial charge on any atom is -0.391 e. The number of aliphatic hydroxyl groups excluding tert-OH is 1. The maximum atomic E-state index is 14.2. The van der Waals surface area contributed by atoms with E-state index >= 15 is 0 Å². The Bertz CT molecular complexity index is 1270. The summed E-state index contributed by atoms with van der Waals surface area (Å²) in [6.45, 7) is 6.15. The van der Waals surface area contributed by atoms with E-state index in [-0.39, 0.29) is 49.1 Å². The molecule has 1 aromatic carbocycles. The normalized spacial score (nSPS) is 21.9. The van der Waals surface area contributed by atoms with Crippen molar-refractivity contribution >= 4 is 29.1 Å². The molecule has 1 aromatic heterocycles. The summed E-state index contributed by atoms with van der Waals surface area (Å²) in [7, 11) is 0. The fraction of sp³-hybridized carbons (Fsp3) is 0.517. The van der Waals surface area contributed by atoms with Crippen LogP contribution in [0.2, 0.25) is 5.02 Å². The van der Waals surface area contributed by atoms with Gasteiger partial charge in [-0.25, -0.2) is 8.78 Å². The van der Waals surface area contributed by atoms with Crippen LogP contribution in [0.25, 0.3) is 0 Å². The molecule has 4 rings (SSSR count). The molecule has 1 aliphatic carbocycles. The van der Waals surface area contributed by atoms with E-state index in [4.69, 9.17) is 11.6 Å². The second kappa shape index (κ2) is 11.7. The minimum absolute atomic E-state index is 0.00439. The molecular formula is C29H34ClF2N5O3. The lowest BCUT2D eigenvalue weighted by molar-refractivity contribution is -0.129. The average molecular weight is 574 g/mol. The van der Waals surface area contributed by atoms with Crippen LogP contribution in [0.5, 0.6) is 0 Å². The summed E-state index contributed by atoms with van der Waals surface area (Å²) in [6.07, 6.45) is 3.46. The monoisotopic (exact) mass is 573 g/mol. The second-order valence-corrected chi connectivity index (χ2v) is 12.1. The number of carbonyl (C=O) groups is 2. The van der Waals surface area contributed by atoms with Gasteiger partial charge < -0.3 is 10.4 Å². The van der Waals surface area contributed by atoms with Crippen LogP contribution in [0, 0.1) is 11.5 Å². The fourth-order valence-corrected chi connectivity index (χ4v) is 5.49. The number of aromatic nitrogens is 1. The summed E-state index contributed by atoms with van der Waals surface area (Å²) in [5.41, 5.74) is 1.55. The van der Waals surface area contributed by atoms with Gasteiger partial charge in [-0.2, -0.15) is 5.26 Å². The van der Waals surface area contributed by atoms with Gasteiger partial charge in [0.05, 0.1) is 17.7 Å². The van der Waals surface area contributed by atoms with Gasteiger partial charge in [0.15, 0.2) is 6.19 Å². The molecule has 1 saturated heterocycles. The number of β-amino-alcohol motifs (C(OH)–C–C–N with tert-alkyl or cyclic N) is 1. The van der Waals surface area contributed by atoms with Gasteiger partial charge >= 0.3 is 0 Å². The molecule has 0 bridgehead atoms. The fourth-order valence-electron chi connectivity index (χ4n) is 5.30. The van der Waals surface area contributed by atoms with Crippen LogP contribution in [0.3, 0.4) is 0 Å². The predicted octanol–water partition coefficient (Wildman–Crippen LogP) is 4.72. The standard InChI is InChI=1S/C29H34ClF2N5O3/c1-28(2,3)19-4-6-22(7-5-19)37(27(40)24-13-23(38)16-36(24)17-33)25(18-12-20(30)15-34-14-18)26(39)35-21-8-10-29(31,32)11-9-21/h4-7,12,14-15,21,23-25,38H,8-11,13,16H2,1-3H3,(H,35,39). The molecule has 0 radical (unpaired) electrons. The number of anilines is 1. The smallest absolute Gasteiger partial charge is 0.251 e. The lowest BCUT2D eigenvalue weighted by Gasteiger charge is -2.36. The second-order valence-electron chi connectivity index (χ2n) is 11.6. The van der Waals surface area contributed by atoms with Gasteiger partial charge in [-0.3, -0.25) is 24.4 Å². The largest absolute Gasteiger partial charge is 0.391 e. The number of carbonyl (C=O) groups excluding carboxylic acids is 2. The van der Waals surface area contributed by atoms with E-state index in [1.807, 2.05) is 18.3 Å². The molecular weight excluding hydrogens is 540 g/mol. The van der Waals surface area contributed by atoms with Crippen LogP contribution in [-0.4, -0.2) is 57.5 Å². The third-order valence-electron chi connectivity index (χ3n) is 7.55. The first-order chi connectivity index (χ1) is 18.8. The summed E-state index contributed by atoms with van der Waals surface area (Å²) in [5.74, 6) is -3.90. The first-order valence-electron chi connectivity index (χ1n) is 13.4. The van der Waals surface area contributed by atoms with Crippen molar-refractivity contribution in [1.82, 2.24) is 15.2 Å². The van der Waals surface area contributed by atoms with Crippen LogP contribution in [0.4, 0.5) is 14.5 Å². The van der Waals surface area contributed by atoms with Crippen molar-refractivity contribution in [3.8, 4) is 6.19 Å². The Morgan fingerprint density at radius 1 is 1.23 bits per heavy atom. The van der Waals surface area contributed by atoms with E-state index in [1.54, 1.807) is 12.1 Å². The number of amides is 2. The van der Waals surface area contributed by atoms with Crippen LogP contribution in [0.15, 0.2) is 42.7 Å². The number of hydrogen-bond donors (Lipinski definition) is 2. The van der Waals surface area contributed by atoms with E-state index < -0.39 is 42.0 Å². The highest BCUT2D eigenvalue weighted by Gasteiger charge is 2.44. The molecule has 2 aromatic rings. The number of pyridine rings is 1. The molecule has 40 heavy (non-hydrogen) atoms. The highest BCUT2D eigenvalue weighted by atomic mass is 35.5. The molecule has 3 atom stereocenters. The number of nitrogens with one attached hydrogen (secondary N) is 1. The van der Waals surface area contributed by atoms with Crippen molar-refractivity contribution in [2.24, 2.45) is 0 Å². The van der Waals surface area contributed by atoms with E-state index in [0.29, 0.717) is 11.3 Å². The summed E-state index contributed by atoms with van der Waals surface area (Å²) < 4.78 is 27.6. The number of hydrogen-bond acceptors (Lipinski definition) is 6. The number of aliphatic hydroxyl groups is 1. The van der Waals surface area contributed by atoms with E-state index in [9.17, 15) is 28.7 Å². The molecule has 2 aliphatic rings. The number of halogens is 3. The molecule has 1 aliphatic heterocycles. The minimum atomic E-state index is -2.77. The first kappa shape index (κ1) is 29.7. The van der Waals surface area contributed by atoms with Crippen molar-refractivity contribution < 1.29 is 23.5 Å². The van der Waals surface area contributed by atoms with E-state index in [2.05, 4.69) is 31.1 Å². The van der Waals surface area contributed by atoms with Crippen molar-refractivity contribution in [2.75, 3.05) is 11.4 Å². The highest BCUT2D eigenvalue weighted by Crippen LogP contribution is 2.36. The average Bonchev–Trinajstić information content (AvgIpc) is 3.28. The van der Waals surface area contributed by atoms with Gasteiger partial charge in [-0.05, 0) is 42.0 Å². The Balaban J connectivity index is 1.78. The maximum Gasteiger partial charge on any atom is 0.251 e. The number of alkyl halides is 2. The Hall–Kier alpha value is -3.29.